The van der Waals surface area contributed by atoms with Gasteiger partial charge in [-0.25, -0.2) is 17.1 Å². The number of anilines is 1. The lowest BCUT2D eigenvalue weighted by Gasteiger charge is -2.32. The fraction of sp³-hybridized carbons (Fsp3) is 0.286. The number of aromatic nitrogens is 1. The highest BCUT2D eigenvalue weighted by atomic mass is 32.2. The highest BCUT2D eigenvalue weighted by Crippen LogP contribution is 2.26. The molecule has 0 bridgehead atoms. The first-order valence-corrected chi connectivity index (χ1v) is 10.9. The van der Waals surface area contributed by atoms with Crippen molar-refractivity contribution in [3.8, 4) is 0 Å². The molecule has 28 heavy (non-hydrogen) atoms. The van der Waals surface area contributed by atoms with Crippen molar-refractivity contribution in [2.45, 2.75) is 24.6 Å². The fourth-order valence-corrected chi connectivity index (χ4v) is 5.18. The molecule has 1 aliphatic heterocycles. The second kappa shape index (κ2) is 7.85. The second-order valence-corrected chi connectivity index (χ2v) is 9.05. The number of halogens is 1. The van der Waals surface area contributed by atoms with Crippen molar-refractivity contribution in [1.82, 2.24) is 9.29 Å². The van der Waals surface area contributed by atoms with E-state index in [9.17, 15) is 12.8 Å². The average Bonchev–Trinajstić information content (AvgIpc) is 2.69. The standard InChI is InChI=1S/C21H22FN3O2S/c22-17-6-7-19-20(8-11-23-21(19)14-17)24-18-9-12-25(13-10-18)28(26,27)15-16-4-2-1-3-5-16/h1-8,11,14,18H,9-10,12-13,15H2,(H,23,24). The molecule has 2 heterocycles. The average molecular weight is 399 g/mol. The molecule has 2 aromatic carbocycles. The number of pyridine rings is 1. The van der Waals surface area contributed by atoms with E-state index in [0.29, 0.717) is 18.6 Å². The lowest BCUT2D eigenvalue weighted by atomic mass is 10.1. The van der Waals surface area contributed by atoms with Crippen LogP contribution in [0.2, 0.25) is 0 Å². The summed E-state index contributed by atoms with van der Waals surface area (Å²) in [6.07, 6.45) is 3.10. The lowest BCUT2D eigenvalue weighted by molar-refractivity contribution is 0.329. The van der Waals surface area contributed by atoms with E-state index >= 15 is 0 Å². The maximum Gasteiger partial charge on any atom is 0.218 e. The molecular weight excluding hydrogens is 377 g/mol. The molecule has 1 N–H and O–H groups in total. The van der Waals surface area contributed by atoms with Gasteiger partial charge < -0.3 is 5.32 Å². The van der Waals surface area contributed by atoms with Gasteiger partial charge in [-0.2, -0.15) is 0 Å². The summed E-state index contributed by atoms with van der Waals surface area (Å²) in [7, 11) is -3.32. The Morgan fingerprint density at radius 3 is 2.57 bits per heavy atom. The summed E-state index contributed by atoms with van der Waals surface area (Å²) in [4.78, 5) is 4.21. The summed E-state index contributed by atoms with van der Waals surface area (Å²) in [5.41, 5.74) is 2.31. The summed E-state index contributed by atoms with van der Waals surface area (Å²) in [5.74, 6) is -0.277. The van der Waals surface area contributed by atoms with Gasteiger partial charge in [-0.3, -0.25) is 4.98 Å². The number of benzene rings is 2. The Morgan fingerprint density at radius 1 is 1.07 bits per heavy atom. The van der Waals surface area contributed by atoms with Crippen LogP contribution in [0.25, 0.3) is 10.9 Å². The highest BCUT2D eigenvalue weighted by molar-refractivity contribution is 7.88. The maximum atomic E-state index is 13.4. The zero-order chi connectivity index (χ0) is 19.6. The first-order chi connectivity index (χ1) is 13.5. The van der Waals surface area contributed by atoms with Crippen molar-refractivity contribution in [2.75, 3.05) is 18.4 Å². The molecule has 0 aliphatic carbocycles. The summed E-state index contributed by atoms with van der Waals surface area (Å²) in [5, 5.41) is 4.34. The SMILES string of the molecule is O=S(=O)(Cc1ccccc1)N1CCC(Nc2ccnc3cc(F)ccc23)CC1. The molecule has 0 unspecified atom stereocenters. The molecule has 1 aliphatic rings. The third-order valence-electron chi connectivity index (χ3n) is 5.10. The fourth-order valence-electron chi connectivity index (χ4n) is 3.62. The molecular formula is C21H22FN3O2S. The van der Waals surface area contributed by atoms with Gasteiger partial charge in [0.25, 0.3) is 0 Å². The Kier molecular flexibility index (Phi) is 5.28. The minimum atomic E-state index is -3.32. The van der Waals surface area contributed by atoms with Crippen LogP contribution in [0.3, 0.4) is 0 Å². The van der Waals surface area contributed by atoms with Crippen LogP contribution < -0.4 is 5.32 Å². The molecule has 0 amide bonds. The van der Waals surface area contributed by atoms with Crippen LogP contribution in [-0.4, -0.2) is 36.8 Å². The van der Waals surface area contributed by atoms with E-state index in [2.05, 4.69) is 10.3 Å². The van der Waals surface area contributed by atoms with E-state index in [1.807, 2.05) is 36.4 Å². The number of rotatable bonds is 5. The van der Waals surface area contributed by atoms with E-state index in [4.69, 9.17) is 0 Å². The van der Waals surface area contributed by atoms with E-state index in [0.717, 1.165) is 29.5 Å². The molecule has 1 saturated heterocycles. The molecule has 0 spiro atoms. The number of hydrogen-bond donors (Lipinski definition) is 1. The van der Waals surface area contributed by atoms with Crippen molar-refractivity contribution >= 4 is 26.6 Å². The van der Waals surface area contributed by atoms with Gasteiger partial charge in [-0.1, -0.05) is 30.3 Å². The number of hydrogen-bond acceptors (Lipinski definition) is 4. The highest BCUT2D eigenvalue weighted by Gasteiger charge is 2.28. The molecule has 0 saturated carbocycles. The smallest absolute Gasteiger partial charge is 0.218 e. The van der Waals surface area contributed by atoms with Crippen molar-refractivity contribution < 1.29 is 12.8 Å². The Hall–Kier alpha value is -2.51. The van der Waals surface area contributed by atoms with Gasteiger partial charge in [-0.15, -0.1) is 0 Å². The van der Waals surface area contributed by atoms with Crippen molar-refractivity contribution in [3.05, 3.63) is 72.2 Å². The van der Waals surface area contributed by atoms with Gasteiger partial charge in [0.05, 0.1) is 11.3 Å². The van der Waals surface area contributed by atoms with Crippen LogP contribution in [0.1, 0.15) is 18.4 Å². The predicted octanol–water partition coefficient (Wildman–Crippen LogP) is 3.78. The number of fused-ring (bicyclic) bond motifs is 1. The molecule has 1 fully saturated rings. The predicted molar refractivity (Wildman–Crippen MR) is 109 cm³/mol. The van der Waals surface area contributed by atoms with E-state index in [1.165, 1.54) is 12.1 Å². The van der Waals surface area contributed by atoms with E-state index < -0.39 is 10.0 Å². The van der Waals surface area contributed by atoms with Gasteiger partial charge in [0.15, 0.2) is 0 Å². The molecule has 0 atom stereocenters. The first kappa shape index (κ1) is 18.8. The Labute approximate surface area is 164 Å². The van der Waals surface area contributed by atoms with Crippen molar-refractivity contribution in [2.24, 2.45) is 0 Å². The summed E-state index contributed by atoms with van der Waals surface area (Å²) in [6.45, 7) is 0.981. The van der Waals surface area contributed by atoms with E-state index in [-0.39, 0.29) is 17.6 Å². The number of nitrogens with one attached hydrogen (secondary N) is 1. The third kappa shape index (κ3) is 4.15. The van der Waals surface area contributed by atoms with Gasteiger partial charge in [0.2, 0.25) is 10.0 Å². The third-order valence-corrected chi connectivity index (χ3v) is 6.95. The van der Waals surface area contributed by atoms with Crippen LogP contribution >= 0.6 is 0 Å². The summed E-state index contributed by atoms with van der Waals surface area (Å²) >= 11 is 0. The number of sulfonamides is 1. The minimum absolute atomic E-state index is 0.0342. The summed E-state index contributed by atoms with van der Waals surface area (Å²) < 4.78 is 40.4. The van der Waals surface area contributed by atoms with Crippen molar-refractivity contribution in [3.63, 3.8) is 0 Å². The zero-order valence-corrected chi connectivity index (χ0v) is 16.2. The van der Waals surface area contributed by atoms with E-state index in [1.54, 1.807) is 16.6 Å². The molecule has 5 nitrogen and oxygen atoms in total. The van der Waals surface area contributed by atoms with Crippen LogP contribution in [0.5, 0.6) is 0 Å². The van der Waals surface area contributed by atoms with Crippen LogP contribution in [0.4, 0.5) is 10.1 Å². The molecule has 3 aromatic rings. The molecule has 146 valence electrons. The largest absolute Gasteiger partial charge is 0.382 e. The first-order valence-electron chi connectivity index (χ1n) is 9.34. The lowest BCUT2D eigenvalue weighted by Crippen LogP contribution is -2.42. The van der Waals surface area contributed by atoms with Crippen molar-refractivity contribution in [1.29, 1.82) is 0 Å². The van der Waals surface area contributed by atoms with Crippen LogP contribution in [0.15, 0.2) is 60.8 Å². The van der Waals surface area contributed by atoms with Crippen LogP contribution in [0, 0.1) is 5.82 Å². The number of nitrogens with zero attached hydrogens (tertiary/aromatic N) is 2. The van der Waals surface area contributed by atoms with Crippen LogP contribution in [-0.2, 0) is 15.8 Å². The molecule has 1 aromatic heterocycles. The summed E-state index contributed by atoms with van der Waals surface area (Å²) in [6, 6.07) is 15.9. The Bertz CT molecular complexity index is 1070. The normalized spacial score (nSPS) is 16.3. The molecule has 7 heteroatoms. The van der Waals surface area contributed by atoms with Gasteiger partial charge in [-0.05, 0) is 36.6 Å². The zero-order valence-electron chi connectivity index (χ0n) is 15.4. The minimum Gasteiger partial charge on any atom is -0.382 e. The number of piperidine rings is 1. The second-order valence-electron chi connectivity index (χ2n) is 7.08. The monoisotopic (exact) mass is 399 g/mol. The maximum absolute atomic E-state index is 13.4. The molecule has 0 radical (unpaired) electrons. The Balaban J connectivity index is 1.41. The van der Waals surface area contributed by atoms with Gasteiger partial charge in [0, 0.05) is 42.5 Å². The van der Waals surface area contributed by atoms with Gasteiger partial charge >= 0.3 is 0 Å². The topological polar surface area (TPSA) is 62.3 Å². The molecule has 4 rings (SSSR count). The Morgan fingerprint density at radius 2 is 1.82 bits per heavy atom. The quantitative estimate of drug-likeness (QED) is 0.709. The van der Waals surface area contributed by atoms with Gasteiger partial charge in [0.1, 0.15) is 5.82 Å².